The monoisotopic (exact) mass is 458 g/mol. The second kappa shape index (κ2) is 11.0. The minimum Gasteiger partial charge on any atom is -0.354 e. The van der Waals surface area contributed by atoms with Crippen molar-refractivity contribution in [3.05, 3.63) is 96.3 Å². The van der Waals surface area contributed by atoms with E-state index < -0.39 is 28.3 Å². The Balaban J connectivity index is 1.63. The number of benzene rings is 3. The molecule has 0 aliphatic carbocycles. The van der Waals surface area contributed by atoms with Gasteiger partial charge in [-0.25, -0.2) is 12.8 Å². The first-order valence-corrected chi connectivity index (χ1v) is 12.3. The van der Waals surface area contributed by atoms with Gasteiger partial charge in [-0.15, -0.1) is 0 Å². The van der Waals surface area contributed by atoms with E-state index in [0.717, 1.165) is 10.1 Å². The molecule has 0 aromatic heterocycles. The summed E-state index contributed by atoms with van der Waals surface area (Å²) in [5.41, 5.74) is 1.43. The highest BCUT2D eigenvalue weighted by Crippen LogP contribution is 2.23. The maximum atomic E-state index is 13.3. The summed E-state index contributed by atoms with van der Waals surface area (Å²) in [6.07, 6.45) is 0. The third-order valence-electron chi connectivity index (χ3n) is 4.41. The molecule has 3 rings (SSSR count). The first-order chi connectivity index (χ1) is 15.0. The van der Waals surface area contributed by atoms with Crippen LogP contribution < -0.4 is 9.62 Å². The molecule has 3 aromatic rings. The third kappa shape index (κ3) is 6.57. The predicted octanol–water partition coefficient (Wildman–Crippen LogP) is 4.07. The van der Waals surface area contributed by atoms with Crippen LogP contribution >= 0.6 is 11.8 Å². The normalized spacial score (nSPS) is 11.1. The molecule has 1 N–H and O–H groups in total. The second-order valence-electron chi connectivity index (χ2n) is 6.69. The van der Waals surface area contributed by atoms with Crippen molar-refractivity contribution < 1.29 is 17.6 Å². The van der Waals surface area contributed by atoms with Gasteiger partial charge in [0.05, 0.1) is 10.6 Å². The lowest BCUT2D eigenvalue weighted by molar-refractivity contribution is -0.119. The van der Waals surface area contributed by atoms with Gasteiger partial charge in [0.15, 0.2) is 0 Å². The van der Waals surface area contributed by atoms with Gasteiger partial charge in [0.25, 0.3) is 10.0 Å². The summed E-state index contributed by atoms with van der Waals surface area (Å²) in [6.45, 7) is 0.0190. The van der Waals surface area contributed by atoms with Crippen LogP contribution in [0.1, 0.15) is 5.56 Å². The van der Waals surface area contributed by atoms with Crippen LogP contribution in [0, 0.1) is 5.82 Å². The van der Waals surface area contributed by atoms with E-state index in [1.165, 1.54) is 42.0 Å². The van der Waals surface area contributed by atoms with Gasteiger partial charge in [-0.05, 0) is 42.0 Å². The second-order valence-corrected chi connectivity index (χ2v) is 9.66. The summed E-state index contributed by atoms with van der Waals surface area (Å²) in [4.78, 5) is 12.6. The zero-order valence-electron chi connectivity index (χ0n) is 16.8. The quantitative estimate of drug-likeness (QED) is 0.465. The number of hydrogen-bond acceptors (Lipinski definition) is 4. The van der Waals surface area contributed by atoms with Crippen molar-refractivity contribution in [1.82, 2.24) is 5.32 Å². The number of anilines is 1. The van der Waals surface area contributed by atoms with Gasteiger partial charge in [-0.3, -0.25) is 9.10 Å². The molecule has 0 saturated carbocycles. The highest BCUT2D eigenvalue weighted by atomic mass is 32.2. The zero-order valence-corrected chi connectivity index (χ0v) is 18.4. The molecule has 0 aliphatic rings. The van der Waals surface area contributed by atoms with E-state index >= 15 is 0 Å². The van der Waals surface area contributed by atoms with Gasteiger partial charge < -0.3 is 5.32 Å². The van der Waals surface area contributed by atoms with E-state index in [1.54, 1.807) is 30.0 Å². The van der Waals surface area contributed by atoms with E-state index in [1.807, 2.05) is 30.3 Å². The lowest BCUT2D eigenvalue weighted by Crippen LogP contribution is -2.41. The molecule has 5 nitrogen and oxygen atoms in total. The van der Waals surface area contributed by atoms with E-state index in [2.05, 4.69) is 5.32 Å². The number of rotatable bonds is 10. The minimum absolute atomic E-state index is 0.0607. The lowest BCUT2D eigenvalue weighted by atomic mass is 10.2. The van der Waals surface area contributed by atoms with Gasteiger partial charge in [-0.2, -0.15) is 11.8 Å². The Morgan fingerprint density at radius 1 is 0.903 bits per heavy atom. The molecule has 31 heavy (non-hydrogen) atoms. The Labute approximate surface area is 186 Å². The molecule has 3 aromatic carbocycles. The largest absolute Gasteiger partial charge is 0.354 e. The summed E-state index contributed by atoms with van der Waals surface area (Å²) in [7, 11) is -3.99. The maximum Gasteiger partial charge on any atom is 0.264 e. The average molecular weight is 459 g/mol. The number of sulfonamides is 1. The molecule has 0 saturated heterocycles. The molecule has 0 atom stereocenters. The number of nitrogens with zero attached hydrogens (tertiary/aromatic N) is 1. The maximum absolute atomic E-state index is 13.3. The molecule has 0 bridgehead atoms. The molecule has 0 radical (unpaired) electrons. The van der Waals surface area contributed by atoms with E-state index in [0.29, 0.717) is 12.3 Å². The van der Waals surface area contributed by atoms with Crippen LogP contribution in [0.3, 0.4) is 0 Å². The number of halogens is 1. The van der Waals surface area contributed by atoms with Crippen LogP contribution in [0.4, 0.5) is 10.1 Å². The summed E-state index contributed by atoms with van der Waals surface area (Å²) in [5, 5.41) is 2.76. The Bertz CT molecular complexity index is 1080. The number of thioether (sulfide) groups is 1. The zero-order chi connectivity index (χ0) is 22.1. The van der Waals surface area contributed by atoms with Gasteiger partial charge in [0.2, 0.25) is 5.91 Å². The number of hydrogen-bond donors (Lipinski definition) is 1. The Hall–Kier alpha value is -2.84. The number of nitrogens with one attached hydrogen (secondary N) is 1. The molecule has 0 unspecified atom stereocenters. The fourth-order valence-corrected chi connectivity index (χ4v) is 5.12. The van der Waals surface area contributed by atoms with E-state index in [4.69, 9.17) is 0 Å². The van der Waals surface area contributed by atoms with Crippen molar-refractivity contribution in [2.24, 2.45) is 0 Å². The predicted molar refractivity (Wildman–Crippen MR) is 123 cm³/mol. The molecular weight excluding hydrogens is 435 g/mol. The lowest BCUT2D eigenvalue weighted by Gasteiger charge is -2.24. The summed E-state index contributed by atoms with van der Waals surface area (Å²) >= 11 is 1.68. The van der Waals surface area contributed by atoms with Gasteiger partial charge in [0.1, 0.15) is 12.4 Å². The van der Waals surface area contributed by atoms with Crippen LogP contribution in [0.5, 0.6) is 0 Å². The smallest absolute Gasteiger partial charge is 0.264 e. The van der Waals surface area contributed by atoms with Crippen molar-refractivity contribution >= 4 is 33.4 Å². The standard InChI is InChI=1S/C23H23FN2O3S2/c24-20-11-13-21(14-12-20)26(31(28,29)22-9-5-2-6-10-22)17-23(27)25-15-16-30-18-19-7-3-1-4-8-19/h1-14H,15-18H2,(H,25,27). The van der Waals surface area contributed by atoms with Crippen LogP contribution in [-0.4, -0.2) is 33.2 Å². The Kier molecular flexibility index (Phi) is 8.08. The molecule has 0 aliphatic heterocycles. The number of carbonyl (C=O) groups is 1. The Morgan fingerprint density at radius 2 is 1.52 bits per heavy atom. The summed E-state index contributed by atoms with van der Waals surface area (Å²) in [6, 6.07) is 22.9. The fourth-order valence-electron chi connectivity index (χ4n) is 2.86. The first kappa shape index (κ1) is 22.8. The van der Waals surface area contributed by atoms with Gasteiger partial charge in [0, 0.05) is 18.1 Å². The minimum atomic E-state index is -3.99. The van der Waals surface area contributed by atoms with Crippen molar-refractivity contribution in [3.8, 4) is 0 Å². The van der Waals surface area contributed by atoms with E-state index in [9.17, 15) is 17.6 Å². The van der Waals surface area contributed by atoms with E-state index in [-0.39, 0.29) is 10.6 Å². The summed E-state index contributed by atoms with van der Waals surface area (Å²) in [5.74, 6) is 0.619. The van der Waals surface area contributed by atoms with Crippen LogP contribution in [-0.2, 0) is 20.6 Å². The molecule has 0 heterocycles. The van der Waals surface area contributed by atoms with Crippen molar-refractivity contribution in [3.63, 3.8) is 0 Å². The van der Waals surface area contributed by atoms with Crippen molar-refractivity contribution in [2.45, 2.75) is 10.6 Å². The topological polar surface area (TPSA) is 66.5 Å². The number of amides is 1. The van der Waals surface area contributed by atoms with Crippen LogP contribution in [0.2, 0.25) is 0 Å². The van der Waals surface area contributed by atoms with Gasteiger partial charge in [-0.1, -0.05) is 48.5 Å². The molecule has 0 spiro atoms. The third-order valence-corrected chi connectivity index (χ3v) is 7.23. The first-order valence-electron chi connectivity index (χ1n) is 9.68. The molecular formula is C23H23FN2O3S2. The number of carbonyl (C=O) groups excluding carboxylic acids is 1. The molecule has 1 amide bonds. The molecule has 162 valence electrons. The molecule has 0 fully saturated rings. The molecule has 8 heteroatoms. The fraction of sp³-hybridized carbons (Fsp3) is 0.174. The highest BCUT2D eigenvalue weighted by Gasteiger charge is 2.27. The van der Waals surface area contributed by atoms with Crippen molar-refractivity contribution in [2.75, 3.05) is 23.1 Å². The van der Waals surface area contributed by atoms with Crippen LogP contribution in [0.15, 0.2) is 89.8 Å². The Morgan fingerprint density at radius 3 is 2.16 bits per heavy atom. The van der Waals surface area contributed by atoms with Crippen molar-refractivity contribution in [1.29, 1.82) is 0 Å². The van der Waals surface area contributed by atoms with Gasteiger partial charge >= 0.3 is 0 Å². The highest BCUT2D eigenvalue weighted by molar-refractivity contribution is 7.98. The average Bonchev–Trinajstić information content (AvgIpc) is 2.79. The summed E-state index contributed by atoms with van der Waals surface area (Å²) < 4.78 is 40.6. The SMILES string of the molecule is O=C(CN(c1ccc(F)cc1)S(=O)(=O)c1ccccc1)NCCSCc1ccccc1. The van der Waals surface area contributed by atoms with Crippen LogP contribution in [0.25, 0.3) is 0 Å².